The lowest BCUT2D eigenvalue weighted by Gasteiger charge is -2.30. The number of fused-ring (bicyclic) bond motifs is 2. The average molecular weight is 582 g/mol. The minimum atomic E-state index is -3.21. The molecule has 0 amide bonds. The first-order chi connectivity index (χ1) is 20.1. The summed E-state index contributed by atoms with van der Waals surface area (Å²) in [6.45, 7) is -1.53. The van der Waals surface area contributed by atoms with Gasteiger partial charge in [-0.05, 0) is 55.0 Å². The van der Waals surface area contributed by atoms with E-state index < -0.39 is 41.3 Å². The second kappa shape index (κ2) is 10.3. The fourth-order valence-corrected chi connectivity index (χ4v) is 4.97. The molecule has 0 saturated carbocycles. The third kappa shape index (κ3) is 4.53. The van der Waals surface area contributed by atoms with Crippen LogP contribution in [0.3, 0.4) is 0 Å². The van der Waals surface area contributed by atoms with Crippen molar-refractivity contribution in [2.45, 2.75) is 19.6 Å². The molecule has 1 atom stereocenters. The number of hydrogen-bond acceptors (Lipinski definition) is 8. The Morgan fingerprint density at radius 2 is 1.74 bits per heavy atom. The Balaban J connectivity index is 1.48. The number of aliphatic imine (C=N–C) groups is 1. The fourth-order valence-electron chi connectivity index (χ4n) is 4.97. The van der Waals surface area contributed by atoms with E-state index in [0.29, 0.717) is 11.4 Å². The van der Waals surface area contributed by atoms with E-state index in [-0.39, 0.29) is 39.1 Å². The molecule has 2 aliphatic rings. The van der Waals surface area contributed by atoms with E-state index in [1.807, 2.05) is 0 Å². The van der Waals surface area contributed by atoms with E-state index in [1.165, 1.54) is 60.0 Å². The van der Waals surface area contributed by atoms with Gasteiger partial charge in [0.05, 0.1) is 17.5 Å². The molecular weight excluding hydrogens is 561 g/mol. The van der Waals surface area contributed by atoms with Crippen LogP contribution >= 0.6 is 0 Å². The van der Waals surface area contributed by atoms with Gasteiger partial charge in [-0.2, -0.15) is 8.78 Å². The van der Waals surface area contributed by atoms with E-state index in [1.54, 1.807) is 11.9 Å². The zero-order chi connectivity index (χ0) is 29.7. The van der Waals surface area contributed by atoms with Gasteiger partial charge in [0.25, 0.3) is 0 Å². The highest BCUT2D eigenvalue weighted by atomic mass is 19.3. The highest BCUT2D eigenvalue weighted by Gasteiger charge is 2.37. The molecule has 0 bridgehead atoms. The van der Waals surface area contributed by atoms with Crippen molar-refractivity contribution < 1.29 is 31.1 Å². The standard InChI is InChI=1S/C29H20F5N5O3/c1-14(28-23(15-5-8-17(30)9-6-15)27(40)24-18(31)3-2-4-22(24)41-28)39-20-12-36-13-38(35)26(20)25(37-39)16-7-10-21(19(32)11-16)42-29(33)34/h2-14,29,37H,35H2,1H3. The Labute approximate surface area is 234 Å². The normalized spacial score (nSPS) is 15.3. The van der Waals surface area contributed by atoms with Gasteiger partial charge in [0.1, 0.15) is 52.1 Å². The molecule has 0 fully saturated rings. The molecule has 0 aliphatic carbocycles. The zero-order valence-electron chi connectivity index (χ0n) is 21.6. The molecule has 214 valence electrons. The average Bonchev–Trinajstić information content (AvgIpc) is 3.35. The maximum Gasteiger partial charge on any atom is 0.387 e. The van der Waals surface area contributed by atoms with Crippen LogP contribution in [0.5, 0.6) is 5.75 Å². The lowest BCUT2D eigenvalue weighted by atomic mass is 9.98. The molecule has 3 N–H and O–H groups in total. The predicted molar refractivity (Wildman–Crippen MR) is 144 cm³/mol. The predicted octanol–water partition coefficient (Wildman–Crippen LogP) is 5.79. The summed E-state index contributed by atoms with van der Waals surface area (Å²) in [6.07, 6.45) is 2.78. The van der Waals surface area contributed by atoms with Crippen LogP contribution in [0.1, 0.15) is 24.3 Å². The summed E-state index contributed by atoms with van der Waals surface area (Å²) >= 11 is 0. The van der Waals surface area contributed by atoms with Crippen LogP contribution in [0.25, 0.3) is 27.8 Å². The number of rotatable bonds is 6. The summed E-state index contributed by atoms with van der Waals surface area (Å²) in [5.41, 5.74) is 3.99. The van der Waals surface area contributed by atoms with Gasteiger partial charge < -0.3 is 9.15 Å². The van der Waals surface area contributed by atoms with E-state index in [2.05, 4.69) is 15.2 Å². The van der Waals surface area contributed by atoms with Crippen LogP contribution in [0.4, 0.5) is 22.0 Å². The smallest absolute Gasteiger partial charge is 0.387 e. The van der Waals surface area contributed by atoms with Crippen LogP contribution in [-0.2, 0) is 0 Å². The number of nitrogens with zero attached hydrogens (tertiary/aromatic N) is 3. The Morgan fingerprint density at radius 3 is 2.45 bits per heavy atom. The molecule has 6 rings (SSSR count). The largest absolute Gasteiger partial charge is 0.458 e. The Kier molecular flexibility index (Phi) is 6.65. The quantitative estimate of drug-likeness (QED) is 0.220. The molecule has 8 nitrogen and oxygen atoms in total. The van der Waals surface area contributed by atoms with E-state index in [0.717, 1.165) is 18.2 Å². The number of nitrogens with one attached hydrogen (secondary N) is 1. The van der Waals surface area contributed by atoms with Gasteiger partial charge in [-0.15, -0.1) is 0 Å². The van der Waals surface area contributed by atoms with Crippen molar-refractivity contribution in [1.29, 1.82) is 0 Å². The monoisotopic (exact) mass is 581 g/mol. The van der Waals surface area contributed by atoms with Crippen molar-refractivity contribution in [1.82, 2.24) is 15.4 Å². The topological polar surface area (TPSA) is 96.3 Å². The summed E-state index contributed by atoms with van der Waals surface area (Å²) in [5.74, 6) is 3.30. The molecule has 0 spiro atoms. The van der Waals surface area contributed by atoms with Crippen LogP contribution in [0.2, 0.25) is 0 Å². The van der Waals surface area contributed by atoms with Gasteiger partial charge in [-0.3, -0.25) is 20.2 Å². The number of ether oxygens (including phenoxy) is 1. The lowest BCUT2D eigenvalue weighted by molar-refractivity contribution is -0.0521. The molecule has 3 aromatic carbocycles. The SMILES string of the molecule is CC(c1oc2cccc(F)c2c(=O)c1-c1ccc(F)cc1)N1NC(c2ccc(OC(F)F)c(F)c2)=C2C1=CN=CN2N. The number of hydrogen-bond donors (Lipinski definition) is 2. The molecule has 1 unspecified atom stereocenters. The fraction of sp³-hybridized carbons (Fsp3) is 0.103. The molecule has 0 saturated heterocycles. The van der Waals surface area contributed by atoms with Crippen molar-refractivity contribution in [3.63, 3.8) is 0 Å². The van der Waals surface area contributed by atoms with Gasteiger partial charge in [-0.25, -0.2) is 24.0 Å². The third-order valence-electron chi connectivity index (χ3n) is 6.85. The molecule has 4 aromatic rings. The van der Waals surface area contributed by atoms with Gasteiger partial charge in [0.2, 0.25) is 5.43 Å². The van der Waals surface area contributed by atoms with Crippen LogP contribution < -0.4 is 21.4 Å². The number of alkyl halides is 2. The van der Waals surface area contributed by atoms with Crippen LogP contribution in [0, 0.1) is 17.5 Å². The van der Waals surface area contributed by atoms with Crippen molar-refractivity contribution in [3.05, 3.63) is 117 Å². The number of nitrogens with two attached hydrogens (primary N) is 1. The highest BCUT2D eigenvalue weighted by molar-refractivity contribution is 5.84. The minimum absolute atomic E-state index is 0.000889. The molecule has 13 heteroatoms. The van der Waals surface area contributed by atoms with Gasteiger partial charge in [0.15, 0.2) is 11.6 Å². The number of halogens is 5. The second-order valence-electron chi connectivity index (χ2n) is 9.38. The van der Waals surface area contributed by atoms with Crippen molar-refractivity contribution in [3.8, 4) is 16.9 Å². The molecular formula is C29H20F5N5O3. The molecule has 1 aromatic heterocycles. The second-order valence-corrected chi connectivity index (χ2v) is 9.38. The maximum atomic E-state index is 14.8. The van der Waals surface area contributed by atoms with E-state index in [9.17, 15) is 26.7 Å². The Bertz CT molecular complexity index is 1870. The van der Waals surface area contributed by atoms with Gasteiger partial charge in [0, 0.05) is 5.56 Å². The van der Waals surface area contributed by atoms with Crippen LogP contribution in [0.15, 0.2) is 92.5 Å². The Morgan fingerprint density at radius 1 is 1.00 bits per heavy atom. The molecule has 3 heterocycles. The van der Waals surface area contributed by atoms with Gasteiger partial charge in [-0.1, -0.05) is 18.2 Å². The van der Waals surface area contributed by atoms with Gasteiger partial charge >= 0.3 is 6.61 Å². The first-order valence-corrected chi connectivity index (χ1v) is 12.5. The summed E-state index contributed by atoms with van der Waals surface area (Å²) in [7, 11) is 0. The van der Waals surface area contributed by atoms with E-state index >= 15 is 0 Å². The number of benzene rings is 3. The summed E-state index contributed by atoms with van der Waals surface area (Å²) < 4.78 is 78.9. The first kappa shape index (κ1) is 27.0. The molecule has 2 aliphatic heterocycles. The first-order valence-electron chi connectivity index (χ1n) is 12.5. The summed E-state index contributed by atoms with van der Waals surface area (Å²) in [5, 5.41) is 2.47. The third-order valence-corrected chi connectivity index (χ3v) is 6.85. The molecule has 0 radical (unpaired) electrons. The zero-order valence-corrected chi connectivity index (χ0v) is 21.6. The van der Waals surface area contributed by atoms with Crippen molar-refractivity contribution >= 4 is 23.0 Å². The lowest BCUT2D eigenvalue weighted by Crippen LogP contribution is -2.36. The minimum Gasteiger partial charge on any atom is -0.458 e. The highest BCUT2D eigenvalue weighted by Crippen LogP contribution is 2.41. The van der Waals surface area contributed by atoms with Crippen molar-refractivity contribution in [2.24, 2.45) is 10.8 Å². The van der Waals surface area contributed by atoms with Crippen molar-refractivity contribution in [2.75, 3.05) is 0 Å². The van der Waals surface area contributed by atoms with E-state index in [4.69, 9.17) is 10.3 Å². The van der Waals surface area contributed by atoms with Crippen LogP contribution in [-0.4, -0.2) is 23.0 Å². The maximum absolute atomic E-state index is 14.8. The summed E-state index contributed by atoms with van der Waals surface area (Å²) in [4.78, 5) is 17.9. The Hall–Kier alpha value is -5.17. The summed E-state index contributed by atoms with van der Waals surface area (Å²) in [6, 6.07) is 11.7. The number of hydrazine groups is 2. The molecule has 42 heavy (non-hydrogen) atoms.